The Morgan fingerprint density at radius 2 is 1.40 bits per heavy atom. The second-order valence-corrected chi connectivity index (χ2v) is 14.4. The zero-order valence-corrected chi connectivity index (χ0v) is 32.6. The lowest BCUT2D eigenvalue weighted by Gasteiger charge is -2.30. The van der Waals surface area contributed by atoms with Gasteiger partial charge in [-0.2, -0.15) is 0 Å². The van der Waals surface area contributed by atoms with Gasteiger partial charge in [0.05, 0.1) is 25.2 Å². The molecule has 2 heterocycles. The number of aromatic amines is 1. The monoisotopic (exact) mass is 818 g/mol. The van der Waals surface area contributed by atoms with E-state index in [-0.39, 0.29) is 19.4 Å². The fourth-order valence-corrected chi connectivity index (χ4v) is 6.39. The third-order valence-corrected chi connectivity index (χ3v) is 10.0. The van der Waals surface area contributed by atoms with Gasteiger partial charge in [-0.05, 0) is 44.2 Å². The second-order valence-electron chi connectivity index (χ2n) is 14.4. The number of carbonyl (C=O) groups excluding carboxylic acids is 6. The van der Waals surface area contributed by atoms with Gasteiger partial charge in [0.25, 0.3) is 0 Å². The third kappa shape index (κ3) is 12.2. The molecule has 0 spiro atoms. The predicted molar refractivity (Wildman–Crippen MR) is 204 cm³/mol. The Kier molecular flexibility index (Phi) is 17.1. The van der Waals surface area contributed by atoms with Crippen molar-refractivity contribution in [1.29, 1.82) is 0 Å². The van der Waals surface area contributed by atoms with Crippen LogP contribution >= 0.6 is 0 Å². The quantitative estimate of drug-likeness (QED) is 0.0591. The average Bonchev–Trinajstić information content (AvgIpc) is 3.84. The lowest BCUT2D eigenvalue weighted by Crippen LogP contribution is -2.62. The number of carbonyl (C=O) groups is 8. The first kappa shape index (κ1) is 46.7. The third-order valence-electron chi connectivity index (χ3n) is 10.0. The average molecular weight is 819 g/mol. The van der Waals surface area contributed by atoms with E-state index in [1.807, 2.05) is 0 Å². The highest BCUT2D eigenvalue weighted by molar-refractivity contribution is 5.98. The predicted octanol–water partition coefficient (Wildman–Crippen LogP) is -3.19. The van der Waals surface area contributed by atoms with Crippen LogP contribution in [0.15, 0.2) is 30.5 Å². The lowest BCUT2D eigenvalue weighted by molar-refractivity contribution is -0.151. The molecule has 1 aliphatic heterocycles. The summed E-state index contributed by atoms with van der Waals surface area (Å²) in [5.74, 6) is -9.54. The Morgan fingerprint density at radius 1 is 0.810 bits per heavy atom. The summed E-state index contributed by atoms with van der Waals surface area (Å²) < 4.78 is 0. The van der Waals surface area contributed by atoms with E-state index in [0.717, 1.165) is 22.7 Å². The SMILES string of the molecule is CC[C@H](C)[C@H](NC(=O)[C@H](Cc1c[nH]c2ccccc12)NC(=O)[C@@H](N)[C@@H](C)O)C(=O)N[C@@H](CC(=O)O)C(=O)N[C@@H](CO)C(=O)N[C@H](C(=O)N1CCC[C@H]1C(=O)O)[C@@H](C)O. The van der Waals surface area contributed by atoms with Gasteiger partial charge in [0.1, 0.15) is 42.3 Å². The van der Waals surface area contributed by atoms with Gasteiger partial charge in [-0.15, -0.1) is 0 Å². The summed E-state index contributed by atoms with van der Waals surface area (Å²) in [6.45, 7) is 4.71. The summed E-state index contributed by atoms with van der Waals surface area (Å²) in [4.78, 5) is 108. The van der Waals surface area contributed by atoms with E-state index >= 15 is 0 Å². The highest BCUT2D eigenvalue weighted by Crippen LogP contribution is 2.21. The number of benzene rings is 1. The first-order valence-corrected chi connectivity index (χ1v) is 18.9. The molecule has 0 bridgehead atoms. The number of H-pyrrole nitrogens is 1. The number of nitrogens with zero attached hydrogens (tertiary/aromatic N) is 1. The molecule has 0 saturated carbocycles. The van der Waals surface area contributed by atoms with Crippen LogP contribution < -0.4 is 32.3 Å². The maximum absolute atomic E-state index is 13.9. The van der Waals surface area contributed by atoms with Crippen molar-refractivity contribution in [2.24, 2.45) is 11.7 Å². The molecule has 1 fully saturated rings. The van der Waals surface area contributed by atoms with E-state index in [0.29, 0.717) is 18.4 Å². The van der Waals surface area contributed by atoms with Crippen LogP contribution in [0.25, 0.3) is 10.9 Å². The van der Waals surface area contributed by atoms with E-state index in [1.165, 1.54) is 6.92 Å². The number of carboxylic acids is 2. The fraction of sp³-hybridized carbons (Fsp3) is 0.568. The van der Waals surface area contributed by atoms with Gasteiger partial charge >= 0.3 is 11.9 Å². The van der Waals surface area contributed by atoms with E-state index in [2.05, 4.69) is 31.6 Å². The van der Waals surface area contributed by atoms with Crippen molar-refractivity contribution < 1.29 is 63.9 Å². The van der Waals surface area contributed by atoms with Crippen LogP contribution in [0.2, 0.25) is 0 Å². The molecule has 6 amide bonds. The van der Waals surface area contributed by atoms with E-state index in [4.69, 9.17) is 5.73 Å². The standard InChI is InChI=1S/C37H54N8O13/c1-5-17(2)29(43-32(52)23(40-34(54)28(38)18(3)47)13-20-15-39-22-10-7-6-9-21(20)22)35(55)41-24(14-27(49)50)31(51)42-25(16-46)33(53)44-30(19(4)48)36(56)45-12-8-11-26(45)37(57)58/h6-7,9-10,15,17-19,23-26,28-30,39,46-48H,5,8,11-14,16,38H2,1-4H3,(H,40,54)(H,41,55)(H,42,51)(H,43,52)(H,44,53)(H,49,50)(H,57,58)/t17-,18+,19+,23-,24-,25-,26-,28-,29-,30-/m0/s1. The molecule has 320 valence electrons. The van der Waals surface area contributed by atoms with Crippen molar-refractivity contribution in [3.05, 3.63) is 36.0 Å². The van der Waals surface area contributed by atoms with Gasteiger partial charge in [0, 0.05) is 30.1 Å². The molecule has 0 aliphatic carbocycles. The van der Waals surface area contributed by atoms with Crippen LogP contribution in [0, 0.1) is 5.92 Å². The van der Waals surface area contributed by atoms with Crippen molar-refractivity contribution in [2.75, 3.05) is 13.2 Å². The van der Waals surface area contributed by atoms with Crippen molar-refractivity contribution in [1.82, 2.24) is 36.5 Å². The number of para-hydroxylation sites is 1. The number of nitrogens with two attached hydrogens (primary N) is 1. The van der Waals surface area contributed by atoms with Crippen LogP contribution in [-0.2, 0) is 44.8 Å². The molecule has 21 heteroatoms. The second kappa shape index (κ2) is 21.2. The molecule has 1 saturated heterocycles. The highest BCUT2D eigenvalue weighted by Gasteiger charge is 2.41. The summed E-state index contributed by atoms with van der Waals surface area (Å²) in [5.41, 5.74) is 7.20. The summed E-state index contributed by atoms with van der Waals surface area (Å²) in [6.07, 6.45) is -1.47. The van der Waals surface area contributed by atoms with Crippen molar-refractivity contribution in [3.63, 3.8) is 0 Å². The number of fused-ring (bicyclic) bond motifs is 1. The van der Waals surface area contributed by atoms with E-state index in [1.54, 1.807) is 44.3 Å². The molecule has 0 radical (unpaired) electrons. The molecule has 2 aromatic rings. The smallest absolute Gasteiger partial charge is 0.326 e. The Morgan fingerprint density at radius 3 is 1.98 bits per heavy atom. The minimum atomic E-state index is -1.88. The fourth-order valence-electron chi connectivity index (χ4n) is 6.39. The van der Waals surface area contributed by atoms with Crippen molar-refractivity contribution in [3.8, 4) is 0 Å². The number of aliphatic hydroxyl groups is 3. The Balaban J connectivity index is 1.81. The molecule has 13 N–H and O–H groups in total. The van der Waals surface area contributed by atoms with Gasteiger partial charge in [-0.25, -0.2) is 4.79 Å². The Bertz CT molecular complexity index is 1820. The Hall–Kier alpha value is -5.64. The maximum atomic E-state index is 13.9. The lowest BCUT2D eigenvalue weighted by atomic mass is 9.96. The maximum Gasteiger partial charge on any atom is 0.326 e. The molecule has 58 heavy (non-hydrogen) atoms. The van der Waals surface area contributed by atoms with Crippen LogP contribution in [0.3, 0.4) is 0 Å². The number of rotatable bonds is 21. The Labute approximate surface area is 333 Å². The minimum Gasteiger partial charge on any atom is -0.481 e. The molecule has 1 aliphatic rings. The molecule has 1 aromatic heterocycles. The number of aliphatic hydroxyl groups excluding tert-OH is 3. The number of nitrogens with one attached hydrogen (secondary N) is 6. The molecule has 21 nitrogen and oxygen atoms in total. The van der Waals surface area contributed by atoms with Crippen LogP contribution in [0.4, 0.5) is 0 Å². The zero-order valence-electron chi connectivity index (χ0n) is 32.6. The molecular formula is C37H54N8O13. The zero-order chi connectivity index (χ0) is 43.4. The number of carboxylic acid groups (broad SMARTS) is 2. The molecule has 3 rings (SSSR count). The van der Waals surface area contributed by atoms with Gasteiger partial charge < -0.3 is 67.7 Å². The van der Waals surface area contributed by atoms with Gasteiger partial charge in [-0.1, -0.05) is 38.5 Å². The summed E-state index contributed by atoms with van der Waals surface area (Å²) in [7, 11) is 0. The summed E-state index contributed by atoms with van der Waals surface area (Å²) >= 11 is 0. The van der Waals surface area contributed by atoms with Crippen LogP contribution in [0.1, 0.15) is 58.9 Å². The van der Waals surface area contributed by atoms with Gasteiger partial charge in [0.15, 0.2) is 0 Å². The molecule has 10 atom stereocenters. The highest BCUT2D eigenvalue weighted by atomic mass is 16.4. The van der Waals surface area contributed by atoms with E-state index < -0.39 is 121 Å². The minimum absolute atomic E-state index is 0.0419. The normalized spacial score (nSPS) is 18.6. The summed E-state index contributed by atoms with van der Waals surface area (Å²) in [5, 5.41) is 61.8. The van der Waals surface area contributed by atoms with Crippen molar-refractivity contribution >= 4 is 58.3 Å². The number of aromatic nitrogens is 1. The number of aliphatic carboxylic acids is 2. The largest absolute Gasteiger partial charge is 0.481 e. The number of hydrogen-bond donors (Lipinski definition) is 12. The van der Waals surface area contributed by atoms with Gasteiger partial charge in [-0.3, -0.25) is 33.6 Å². The first-order chi connectivity index (χ1) is 27.3. The van der Waals surface area contributed by atoms with Crippen LogP contribution in [-0.4, -0.2) is 150 Å². The molecular weight excluding hydrogens is 764 g/mol. The number of likely N-dealkylation sites (tertiary alicyclic amines) is 1. The van der Waals surface area contributed by atoms with Crippen LogP contribution in [0.5, 0.6) is 0 Å². The first-order valence-electron chi connectivity index (χ1n) is 18.9. The van der Waals surface area contributed by atoms with Crippen molar-refractivity contribution in [2.45, 2.75) is 114 Å². The summed E-state index contributed by atoms with van der Waals surface area (Å²) in [6, 6.07) is -3.57. The topological polar surface area (TPSA) is 343 Å². The number of hydrogen-bond acceptors (Lipinski definition) is 12. The number of amides is 6. The molecule has 0 unspecified atom stereocenters. The molecule has 1 aromatic carbocycles. The van der Waals surface area contributed by atoms with Gasteiger partial charge in [0.2, 0.25) is 35.4 Å². The van der Waals surface area contributed by atoms with E-state index in [9.17, 15) is 63.9 Å².